The molecule has 0 aromatic rings. The molecule has 2 rings (SSSR count). The fourth-order valence-corrected chi connectivity index (χ4v) is 5.20. The first-order valence-corrected chi connectivity index (χ1v) is 8.87. The van der Waals surface area contributed by atoms with Crippen molar-refractivity contribution in [1.82, 2.24) is 4.90 Å². The molecule has 1 aliphatic heterocycles. The molecule has 0 bridgehead atoms. The van der Waals surface area contributed by atoms with Crippen molar-refractivity contribution in [2.24, 2.45) is 23.0 Å². The highest BCUT2D eigenvalue weighted by atomic mass is 32.2. The van der Waals surface area contributed by atoms with Crippen LogP contribution in [0.5, 0.6) is 0 Å². The number of carbonyl (C=O) groups is 1. The molecule has 0 radical (unpaired) electrons. The number of nitrogens with two attached hydrogens (primary N) is 1. The topological polar surface area (TPSA) is 46.3 Å². The van der Waals surface area contributed by atoms with Gasteiger partial charge in [-0.15, -0.1) is 0 Å². The third-order valence-corrected chi connectivity index (χ3v) is 6.76. The second-order valence-corrected chi connectivity index (χ2v) is 9.29. The molecule has 1 heterocycles. The molecule has 116 valence electrons. The molecule has 1 saturated heterocycles. The highest BCUT2D eigenvalue weighted by molar-refractivity contribution is 8.00. The molecule has 5 unspecified atom stereocenters. The van der Waals surface area contributed by atoms with Crippen LogP contribution in [0.15, 0.2) is 0 Å². The first-order chi connectivity index (χ1) is 9.23. The number of thioether (sulfide) groups is 1. The van der Waals surface area contributed by atoms with Gasteiger partial charge in [0.1, 0.15) is 0 Å². The van der Waals surface area contributed by atoms with E-state index in [1.54, 1.807) is 0 Å². The lowest BCUT2D eigenvalue weighted by atomic mass is 9.60. The zero-order valence-corrected chi connectivity index (χ0v) is 14.4. The average Bonchev–Trinajstić information content (AvgIpc) is 2.34. The molecule has 2 N–H and O–H groups in total. The second kappa shape index (κ2) is 5.88. The Balaban J connectivity index is 2.12. The molecule has 1 aliphatic carbocycles. The van der Waals surface area contributed by atoms with Crippen molar-refractivity contribution in [1.29, 1.82) is 0 Å². The minimum atomic E-state index is 0.00577. The van der Waals surface area contributed by atoms with Gasteiger partial charge in [0.05, 0.1) is 0 Å². The largest absolute Gasteiger partial charge is 0.340 e. The smallest absolute Gasteiger partial charge is 0.226 e. The van der Waals surface area contributed by atoms with Crippen molar-refractivity contribution in [3.63, 3.8) is 0 Å². The lowest BCUT2D eigenvalue weighted by Crippen LogP contribution is -2.54. The number of nitrogens with zero attached hydrogens (tertiary/aromatic N) is 1. The van der Waals surface area contributed by atoms with E-state index >= 15 is 0 Å². The van der Waals surface area contributed by atoms with Gasteiger partial charge < -0.3 is 10.6 Å². The minimum absolute atomic E-state index is 0.00577. The SMILES string of the molecule is CC1CN(C(=O)C2CCC(N)C(C)C2(C)C)CC(C)S1. The quantitative estimate of drug-likeness (QED) is 0.809. The van der Waals surface area contributed by atoms with E-state index in [-0.39, 0.29) is 17.4 Å². The summed E-state index contributed by atoms with van der Waals surface area (Å²) in [6.45, 7) is 12.9. The first kappa shape index (κ1) is 16.2. The zero-order valence-electron chi connectivity index (χ0n) is 13.6. The minimum Gasteiger partial charge on any atom is -0.340 e. The van der Waals surface area contributed by atoms with Gasteiger partial charge in [-0.3, -0.25) is 4.79 Å². The van der Waals surface area contributed by atoms with Gasteiger partial charge in [-0.05, 0) is 24.2 Å². The number of amides is 1. The molecule has 0 aromatic carbocycles. The molecule has 20 heavy (non-hydrogen) atoms. The Hall–Kier alpha value is -0.220. The van der Waals surface area contributed by atoms with Crippen LogP contribution in [-0.2, 0) is 4.79 Å². The van der Waals surface area contributed by atoms with Crippen molar-refractivity contribution in [3.8, 4) is 0 Å². The predicted octanol–water partition coefficient (Wildman–Crippen LogP) is 2.74. The van der Waals surface area contributed by atoms with Crippen molar-refractivity contribution in [3.05, 3.63) is 0 Å². The Labute approximate surface area is 128 Å². The lowest BCUT2D eigenvalue weighted by molar-refractivity contribution is -0.143. The Morgan fingerprint density at radius 2 is 1.70 bits per heavy atom. The van der Waals surface area contributed by atoms with Crippen LogP contribution in [0.2, 0.25) is 0 Å². The molecule has 2 fully saturated rings. The van der Waals surface area contributed by atoms with Crippen LogP contribution in [0.4, 0.5) is 0 Å². The number of hydrogen-bond acceptors (Lipinski definition) is 3. The van der Waals surface area contributed by atoms with Gasteiger partial charge in [0.25, 0.3) is 0 Å². The molecular formula is C16H30N2OS. The summed E-state index contributed by atoms with van der Waals surface area (Å²) in [4.78, 5) is 15.1. The van der Waals surface area contributed by atoms with Crippen molar-refractivity contribution in [2.45, 2.75) is 64.0 Å². The van der Waals surface area contributed by atoms with Crippen molar-refractivity contribution in [2.75, 3.05) is 13.1 Å². The van der Waals surface area contributed by atoms with Crippen LogP contribution in [0.1, 0.15) is 47.5 Å². The van der Waals surface area contributed by atoms with E-state index in [1.165, 1.54) is 0 Å². The Morgan fingerprint density at radius 3 is 2.25 bits per heavy atom. The molecule has 0 aromatic heterocycles. The van der Waals surface area contributed by atoms with E-state index in [2.05, 4.69) is 39.5 Å². The maximum Gasteiger partial charge on any atom is 0.226 e. The highest BCUT2D eigenvalue weighted by Crippen LogP contribution is 2.45. The van der Waals surface area contributed by atoms with E-state index in [0.717, 1.165) is 25.9 Å². The Morgan fingerprint density at radius 1 is 1.15 bits per heavy atom. The first-order valence-electron chi connectivity index (χ1n) is 7.93. The van der Waals surface area contributed by atoms with E-state index in [4.69, 9.17) is 5.73 Å². The van der Waals surface area contributed by atoms with Gasteiger partial charge in [-0.2, -0.15) is 11.8 Å². The van der Waals surface area contributed by atoms with Gasteiger partial charge >= 0.3 is 0 Å². The molecule has 4 heteroatoms. The van der Waals surface area contributed by atoms with Gasteiger partial charge in [0, 0.05) is 35.5 Å². The van der Waals surface area contributed by atoms with Crippen LogP contribution in [-0.4, -0.2) is 40.4 Å². The second-order valence-electron chi connectivity index (χ2n) is 7.40. The van der Waals surface area contributed by atoms with Crippen molar-refractivity contribution < 1.29 is 4.79 Å². The molecule has 5 atom stereocenters. The molecule has 3 nitrogen and oxygen atoms in total. The van der Waals surface area contributed by atoms with Crippen molar-refractivity contribution >= 4 is 17.7 Å². The van der Waals surface area contributed by atoms with E-state index in [0.29, 0.717) is 22.3 Å². The zero-order chi connectivity index (χ0) is 15.1. The monoisotopic (exact) mass is 298 g/mol. The summed E-state index contributed by atoms with van der Waals surface area (Å²) in [5, 5.41) is 1.10. The van der Waals surface area contributed by atoms with Gasteiger partial charge in [-0.25, -0.2) is 0 Å². The summed E-state index contributed by atoms with van der Waals surface area (Å²) in [5.41, 5.74) is 6.22. The number of rotatable bonds is 1. The summed E-state index contributed by atoms with van der Waals surface area (Å²) < 4.78 is 0. The average molecular weight is 298 g/mol. The lowest BCUT2D eigenvalue weighted by Gasteiger charge is -2.48. The van der Waals surface area contributed by atoms with E-state index in [9.17, 15) is 4.79 Å². The maximum absolute atomic E-state index is 13.0. The third-order valence-electron chi connectivity index (χ3n) is 5.53. The summed E-state index contributed by atoms with van der Waals surface area (Å²) in [6, 6.07) is 0.240. The van der Waals surface area contributed by atoms with Gasteiger partial charge in [-0.1, -0.05) is 34.6 Å². The summed E-state index contributed by atoms with van der Waals surface area (Å²) >= 11 is 2.00. The molecular weight excluding hydrogens is 268 g/mol. The van der Waals surface area contributed by atoms with Gasteiger partial charge in [0.15, 0.2) is 0 Å². The van der Waals surface area contributed by atoms with Crippen LogP contribution in [0.3, 0.4) is 0 Å². The number of hydrogen-bond donors (Lipinski definition) is 1. The standard InChI is InChI=1S/C16H30N2OS/c1-10-8-18(9-11(2)20-10)15(19)13-6-7-14(17)12(3)16(13,4)5/h10-14H,6-9,17H2,1-5H3. The molecule has 1 amide bonds. The van der Waals surface area contributed by atoms with E-state index < -0.39 is 0 Å². The van der Waals surface area contributed by atoms with Gasteiger partial charge in [0.2, 0.25) is 5.91 Å². The maximum atomic E-state index is 13.0. The summed E-state index contributed by atoms with van der Waals surface area (Å²) in [7, 11) is 0. The fraction of sp³-hybridized carbons (Fsp3) is 0.938. The Bertz CT molecular complexity index is 361. The molecule has 2 aliphatic rings. The molecule has 1 saturated carbocycles. The van der Waals surface area contributed by atoms with Crippen LogP contribution in [0.25, 0.3) is 0 Å². The fourth-order valence-electron chi connectivity index (χ4n) is 3.87. The van der Waals surface area contributed by atoms with E-state index in [1.807, 2.05) is 11.8 Å². The third kappa shape index (κ3) is 3.01. The Kier molecular flexibility index (Phi) is 4.75. The van der Waals surface area contributed by atoms with Crippen LogP contribution < -0.4 is 5.73 Å². The van der Waals surface area contributed by atoms with Crippen LogP contribution >= 0.6 is 11.8 Å². The summed E-state index contributed by atoms with van der Waals surface area (Å²) in [5.74, 6) is 0.909. The normalized spacial score (nSPS) is 41.5. The van der Waals surface area contributed by atoms with Crippen LogP contribution in [0, 0.1) is 17.3 Å². The number of carbonyl (C=O) groups excluding carboxylic acids is 1. The molecule has 0 spiro atoms. The highest BCUT2D eigenvalue weighted by Gasteiger charge is 2.46. The predicted molar refractivity (Wildman–Crippen MR) is 86.7 cm³/mol. The summed E-state index contributed by atoms with van der Waals surface area (Å²) in [6.07, 6.45) is 1.93.